The third-order valence-corrected chi connectivity index (χ3v) is 12.9. The Morgan fingerprint density at radius 1 is 0.303 bits per heavy atom. The Kier molecular flexibility index (Phi) is 53.2. The maximum Gasteiger partial charge on any atom is 0.306 e. The maximum absolute atomic E-state index is 12.8. The first kappa shape index (κ1) is 63.6. The minimum atomic E-state index is -0.780. The zero-order chi connectivity index (χ0) is 47.9. The van der Waals surface area contributed by atoms with Crippen LogP contribution in [0.4, 0.5) is 0 Å². The van der Waals surface area contributed by atoms with Crippen molar-refractivity contribution < 1.29 is 28.6 Å². The van der Waals surface area contributed by atoms with Crippen molar-refractivity contribution in [3.05, 3.63) is 36.5 Å². The van der Waals surface area contributed by atoms with Gasteiger partial charge in [0.1, 0.15) is 13.2 Å². The molecule has 0 fully saturated rings. The lowest BCUT2D eigenvalue weighted by atomic mass is 10.0. The number of carbonyl (C=O) groups excluding carboxylic acids is 3. The van der Waals surface area contributed by atoms with Crippen LogP contribution in [0, 0.1) is 0 Å². The normalized spacial score (nSPS) is 12.2. The van der Waals surface area contributed by atoms with Gasteiger partial charge in [0, 0.05) is 19.3 Å². The SMILES string of the molecule is CCCCCC/C=C\C/C=C\CCCCCCCC(=O)OC(COC(=O)CCCCCCC/C=C\CCCCCC)COC(=O)CCCCCCCCCCCCCCCCCCCCC. The quantitative estimate of drug-likeness (QED) is 0.0262. The van der Waals surface area contributed by atoms with Gasteiger partial charge >= 0.3 is 17.9 Å². The van der Waals surface area contributed by atoms with Gasteiger partial charge < -0.3 is 14.2 Å². The maximum atomic E-state index is 12.8. The summed E-state index contributed by atoms with van der Waals surface area (Å²) in [5, 5.41) is 0. The Bertz CT molecular complexity index is 1110. The van der Waals surface area contributed by atoms with E-state index in [0.717, 1.165) is 89.9 Å². The number of hydrogen-bond donors (Lipinski definition) is 0. The first-order valence-corrected chi connectivity index (χ1v) is 29.0. The molecule has 0 aliphatic carbocycles. The molecule has 0 spiro atoms. The van der Waals surface area contributed by atoms with Crippen LogP contribution in [0.15, 0.2) is 36.5 Å². The third kappa shape index (κ3) is 52.6. The Morgan fingerprint density at radius 3 is 0.864 bits per heavy atom. The van der Waals surface area contributed by atoms with E-state index in [4.69, 9.17) is 14.2 Å². The van der Waals surface area contributed by atoms with E-state index in [0.29, 0.717) is 19.3 Å². The highest BCUT2D eigenvalue weighted by Crippen LogP contribution is 2.16. The second-order valence-electron chi connectivity index (χ2n) is 19.6. The summed E-state index contributed by atoms with van der Waals surface area (Å²) in [5.41, 5.74) is 0. The molecule has 1 atom stereocenters. The van der Waals surface area contributed by atoms with Crippen LogP contribution >= 0.6 is 0 Å². The number of unbranched alkanes of at least 4 members (excludes halogenated alkanes) is 36. The van der Waals surface area contributed by atoms with E-state index in [1.54, 1.807) is 0 Å². The number of ether oxygens (including phenoxy) is 3. The molecule has 0 saturated carbocycles. The summed E-state index contributed by atoms with van der Waals surface area (Å²) >= 11 is 0. The van der Waals surface area contributed by atoms with E-state index in [2.05, 4.69) is 57.2 Å². The number of allylic oxidation sites excluding steroid dienone is 6. The van der Waals surface area contributed by atoms with Crippen LogP contribution in [0.5, 0.6) is 0 Å². The summed E-state index contributed by atoms with van der Waals surface area (Å²) in [4.78, 5) is 38.1. The van der Waals surface area contributed by atoms with E-state index in [-0.39, 0.29) is 31.1 Å². The summed E-state index contributed by atoms with van der Waals surface area (Å²) in [6.45, 7) is 6.63. The van der Waals surface area contributed by atoms with Crippen molar-refractivity contribution in [2.75, 3.05) is 13.2 Å². The largest absolute Gasteiger partial charge is 0.462 e. The third-order valence-electron chi connectivity index (χ3n) is 12.9. The van der Waals surface area contributed by atoms with Crippen LogP contribution in [0.1, 0.15) is 310 Å². The van der Waals surface area contributed by atoms with E-state index < -0.39 is 6.10 Å². The van der Waals surface area contributed by atoms with Crippen LogP contribution < -0.4 is 0 Å². The van der Waals surface area contributed by atoms with Crippen molar-refractivity contribution in [2.24, 2.45) is 0 Å². The van der Waals surface area contributed by atoms with Gasteiger partial charge in [0.15, 0.2) is 6.10 Å². The molecule has 1 unspecified atom stereocenters. The molecule has 6 nitrogen and oxygen atoms in total. The van der Waals surface area contributed by atoms with Gasteiger partial charge in [-0.05, 0) is 77.0 Å². The van der Waals surface area contributed by atoms with Crippen molar-refractivity contribution in [2.45, 2.75) is 316 Å². The molecule has 0 aromatic heterocycles. The van der Waals surface area contributed by atoms with Crippen molar-refractivity contribution in [3.63, 3.8) is 0 Å². The fraction of sp³-hybridized carbons (Fsp3) is 0.850. The highest BCUT2D eigenvalue weighted by molar-refractivity contribution is 5.71. The van der Waals surface area contributed by atoms with Gasteiger partial charge in [-0.15, -0.1) is 0 Å². The molecule has 0 radical (unpaired) electrons. The summed E-state index contributed by atoms with van der Waals surface area (Å²) in [7, 11) is 0. The lowest BCUT2D eigenvalue weighted by molar-refractivity contribution is -0.167. The number of rotatable bonds is 53. The smallest absolute Gasteiger partial charge is 0.306 e. The first-order chi connectivity index (χ1) is 32.5. The molecular formula is C60H110O6. The van der Waals surface area contributed by atoms with Gasteiger partial charge in [-0.25, -0.2) is 0 Å². The predicted molar refractivity (Wildman–Crippen MR) is 284 cm³/mol. The van der Waals surface area contributed by atoms with Gasteiger partial charge in [0.05, 0.1) is 0 Å². The van der Waals surface area contributed by atoms with Gasteiger partial charge in [0.25, 0.3) is 0 Å². The van der Waals surface area contributed by atoms with Crippen LogP contribution in [-0.4, -0.2) is 37.2 Å². The van der Waals surface area contributed by atoms with Crippen LogP contribution in [0.2, 0.25) is 0 Å². The van der Waals surface area contributed by atoms with Gasteiger partial charge in [0.2, 0.25) is 0 Å². The highest BCUT2D eigenvalue weighted by atomic mass is 16.6. The minimum absolute atomic E-state index is 0.0770. The lowest BCUT2D eigenvalue weighted by Crippen LogP contribution is -2.30. The second kappa shape index (κ2) is 55.2. The second-order valence-corrected chi connectivity index (χ2v) is 19.6. The summed E-state index contributed by atoms with van der Waals surface area (Å²) in [6.07, 6.45) is 65.6. The fourth-order valence-corrected chi connectivity index (χ4v) is 8.47. The monoisotopic (exact) mass is 927 g/mol. The van der Waals surface area contributed by atoms with Crippen molar-refractivity contribution in [1.82, 2.24) is 0 Å². The van der Waals surface area contributed by atoms with Crippen molar-refractivity contribution in [3.8, 4) is 0 Å². The molecule has 386 valence electrons. The molecule has 0 aliphatic rings. The molecule has 66 heavy (non-hydrogen) atoms. The van der Waals surface area contributed by atoms with E-state index in [1.807, 2.05) is 0 Å². The Morgan fingerprint density at radius 2 is 0.545 bits per heavy atom. The number of esters is 3. The number of hydrogen-bond acceptors (Lipinski definition) is 6. The average Bonchev–Trinajstić information content (AvgIpc) is 3.31. The van der Waals surface area contributed by atoms with Crippen LogP contribution in [-0.2, 0) is 28.6 Å². The van der Waals surface area contributed by atoms with Crippen LogP contribution in [0.3, 0.4) is 0 Å². The van der Waals surface area contributed by atoms with Crippen molar-refractivity contribution >= 4 is 17.9 Å². The molecule has 0 rings (SSSR count). The predicted octanol–water partition coefficient (Wildman–Crippen LogP) is 19.3. The molecule has 6 heteroatoms. The van der Waals surface area contributed by atoms with Gasteiger partial charge in [-0.2, -0.15) is 0 Å². The summed E-state index contributed by atoms with van der Waals surface area (Å²) < 4.78 is 16.9. The molecule has 0 aromatic carbocycles. The zero-order valence-electron chi connectivity index (χ0n) is 44.2. The van der Waals surface area contributed by atoms with Gasteiger partial charge in [-0.3, -0.25) is 14.4 Å². The fourth-order valence-electron chi connectivity index (χ4n) is 8.47. The van der Waals surface area contributed by atoms with E-state index in [9.17, 15) is 14.4 Å². The summed E-state index contributed by atoms with van der Waals surface area (Å²) in [5.74, 6) is -0.883. The van der Waals surface area contributed by atoms with Crippen molar-refractivity contribution in [1.29, 1.82) is 0 Å². The average molecular weight is 928 g/mol. The molecule has 0 N–H and O–H groups in total. The summed E-state index contributed by atoms with van der Waals surface area (Å²) in [6, 6.07) is 0. The molecular weight excluding hydrogens is 817 g/mol. The van der Waals surface area contributed by atoms with E-state index in [1.165, 1.54) is 180 Å². The topological polar surface area (TPSA) is 78.9 Å². The molecule has 0 amide bonds. The molecule has 0 heterocycles. The molecule has 0 aromatic rings. The lowest BCUT2D eigenvalue weighted by Gasteiger charge is -2.18. The highest BCUT2D eigenvalue weighted by Gasteiger charge is 2.19. The van der Waals surface area contributed by atoms with Crippen LogP contribution in [0.25, 0.3) is 0 Å². The minimum Gasteiger partial charge on any atom is -0.462 e. The number of carbonyl (C=O) groups is 3. The zero-order valence-corrected chi connectivity index (χ0v) is 44.2. The first-order valence-electron chi connectivity index (χ1n) is 29.0. The van der Waals surface area contributed by atoms with Gasteiger partial charge in [-0.1, -0.05) is 250 Å². The molecule has 0 aliphatic heterocycles. The molecule has 0 saturated heterocycles. The Hall–Kier alpha value is -2.37. The standard InChI is InChI=1S/C60H110O6/c1-4-7-10-13-16-19-22-25-27-29-30-31-33-35-38-41-44-47-50-53-59(62)65-56-57(55-64-58(61)52-49-46-43-40-37-34-24-21-18-15-12-9-6-3)66-60(63)54-51-48-45-42-39-36-32-28-26-23-20-17-14-11-8-5-2/h20-21,23-24,28,32,57H,4-19,22,25-27,29-31,33-56H2,1-3H3/b23-20-,24-21-,32-28-. The molecule has 0 bridgehead atoms. The Balaban J connectivity index is 4.34. The Labute approximate surface area is 410 Å². The van der Waals surface area contributed by atoms with E-state index >= 15 is 0 Å².